The fourth-order valence-electron chi connectivity index (χ4n) is 3.78. The first kappa shape index (κ1) is 20.4. The Labute approximate surface area is 191 Å². The monoisotopic (exact) mass is 537 g/mol. The van der Waals surface area contributed by atoms with E-state index in [2.05, 4.69) is 23.5 Å². The molecule has 1 heterocycles. The summed E-state index contributed by atoms with van der Waals surface area (Å²) in [6.07, 6.45) is 2.80. The van der Waals surface area contributed by atoms with E-state index in [9.17, 15) is 9.59 Å². The Hall–Kier alpha value is -1.90. The second kappa shape index (κ2) is 8.85. The van der Waals surface area contributed by atoms with Crippen molar-refractivity contribution in [2.75, 3.05) is 5.32 Å². The standard InChI is InChI=1S/C22H17ClINO3S/c23-17-7-3-6-16(11-17)20(26)25-21-19(22(27)28-24)18(12-29-21)15-9-8-13-4-1-2-5-14(13)10-15/h1-7,11-12,15H,8-10H2,(H,25,26). The number of nitrogens with one attached hydrogen (secondary N) is 1. The van der Waals surface area contributed by atoms with Crippen LogP contribution < -0.4 is 5.32 Å². The minimum absolute atomic E-state index is 0.212. The van der Waals surface area contributed by atoms with E-state index in [0.717, 1.165) is 24.8 Å². The van der Waals surface area contributed by atoms with Crippen LogP contribution in [0.15, 0.2) is 53.9 Å². The van der Waals surface area contributed by atoms with Gasteiger partial charge >= 0.3 is 5.97 Å². The molecule has 0 aliphatic heterocycles. The lowest BCUT2D eigenvalue weighted by molar-refractivity contribution is 0.0800. The van der Waals surface area contributed by atoms with Gasteiger partial charge in [-0.1, -0.05) is 41.9 Å². The molecule has 0 fully saturated rings. The molecular formula is C22H17ClINO3S. The molecule has 1 aliphatic rings. The first-order valence-electron chi connectivity index (χ1n) is 9.15. The SMILES string of the molecule is O=C(Nc1scc(C2CCc3ccccc3C2)c1C(=O)OI)c1cccc(Cl)c1. The number of rotatable bonds is 4. The van der Waals surface area contributed by atoms with E-state index < -0.39 is 5.97 Å². The molecule has 1 N–H and O–H groups in total. The molecule has 1 aliphatic carbocycles. The third-order valence-electron chi connectivity index (χ3n) is 5.19. The Balaban J connectivity index is 1.64. The number of halogens is 2. The molecule has 2 aromatic carbocycles. The highest BCUT2D eigenvalue weighted by Gasteiger charge is 2.29. The van der Waals surface area contributed by atoms with Crippen molar-refractivity contribution in [3.63, 3.8) is 0 Å². The van der Waals surface area contributed by atoms with E-state index in [0.29, 0.717) is 21.2 Å². The number of anilines is 1. The highest BCUT2D eigenvalue weighted by molar-refractivity contribution is 14.1. The van der Waals surface area contributed by atoms with Gasteiger partial charge in [0.2, 0.25) is 0 Å². The first-order valence-corrected chi connectivity index (χ1v) is 11.3. The van der Waals surface area contributed by atoms with E-state index in [-0.39, 0.29) is 11.8 Å². The lowest BCUT2D eigenvalue weighted by atomic mass is 9.80. The minimum atomic E-state index is -0.442. The average Bonchev–Trinajstić information content (AvgIpc) is 3.16. The molecular weight excluding hydrogens is 521 g/mol. The van der Waals surface area contributed by atoms with Gasteiger partial charge in [0.15, 0.2) is 23.0 Å². The van der Waals surface area contributed by atoms with E-state index in [1.54, 1.807) is 47.3 Å². The number of thiophene rings is 1. The number of aryl methyl sites for hydroxylation is 1. The molecule has 0 saturated carbocycles. The van der Waals surface area contributed by atoms with Gasteiger partial charge in [-0.25, -0.2) is 4.79 Å². The number of carbonyl (C=O) groups is 2. The molecule has 0 saturated heterocycles. The van der Waals surface area contributed by atoms with Crippen molar-refractivity contribution in [3.05, 3.63) is 86.8 Å². The van der Waals surface area contributed by atoms with Crippen molar-refractivity contribution in [2.24, 2.45) is 0 Å². The smallest absolute Gasteiger partial charge is 0.350 e. The summed E-state index contributed by atoms with van der Waals surface area (Å²) in [6, 6.07) is 15.1. The molecule has 1 amide bonds. The van der Waals surface area contributed by atoms with Crippen molar-refractivity contribution in [2.45, 2.75) is 25.2 Å². The average molecular weight is 538 g/mol. The van der Waals surface area contributed by atoms with Gasteiger partial charge in [-0.2, -0.15) is 0 Å². The minimum Gasteiger partial charge on any atom is -0.391 e. The van der Waals surface area contributed by atoms with Crippen LogP contribution in [0.2, 0.25) is 5.02 Å². The maximum atomic E-state index is 12.7. The van der Waals surface area contributed by atoms with Crippen molar-refractivity contribution in [1.82, 2.24) is 0 Å². The summed E-state index contributed by atoms with van der Waals surface area (Å²) in [5, 5.41) is 5.82. The van der Waals surface area contributed by atoms with Crippen LogP contribution in [0.4, 0.5) is 5.00 Å². The van der Waals surface area contributed by atoms with Crippen LogP contribution in [0, 0.1) is 0 Å². The van der Waals surface area contributed by atoms with Gasteiger partial charge in [-0.15, -0.1) is 11.3 Å². The quantitative estimate of drug-likeness (QED) is 0.390. The molecule has 4 rings (SSSR count). The Morgan fingerprint density at radius 2 is 1.93 bits per heavy atom. The fourth-order valence-corrected chi connectivity index (χ4v) is 5.22. The van der Waals surface area contributed by atoms with Crippen LogP contribution in [0.5, 0.6) is 0 Å². The summed E-state index contributed by atoms with van der Waals surface area (Å²) in [7, 11) is 0. The van der Waals surface area contributed by atoms with Crippen LogP contribution in [-0.4, -0.2) is 11.9 Å². The third kappa shape index (κ3) is 4.34. The molecule has 0 spiro atoms. The van der Waals surface area contributed by atoms with Crippen LogP contribution >= 0.6 is 45.9 Å². The largest absolute Gasteiger partial charge is 0.391 e. The number of fused-ring (bicyclic) bond motifs is 1. The van der Waals surface area contributed by atoms with Crippen molar-refractivity contribution >= 4 is 62.8 Å². The van der Waals surface area contributed by atoms with Crippen LogP contribution in [0.3, 0.4) is 0 Å². The Morgan fingerprint density at radius 1 is 1.14 bits per heavy atom. The summed E-state index contributed by atoms with van der Waals surface area (Å²) in [5.41, 5.74) is 4.50. The van der Waals surface area contributed by atoms with Crippen LogP contribution in [-0.2, 0) is 15.9 Å². The van der Waals surface area contributed by atoms with Gasteiger partial charge in [0, 0.05) is 10.6 Å². The zero-order valence-corrected chi connectivity index (χ0v) is 19.0. The van der Waals surface area contributed by atoms with Gasteiger partial charge < -0.3 is 8.38 Å². The number of hydrogen-bond acceptors (Lipinski definition) is 4. The second-order valence-corrected chi connectivity index (χ2v) is 8.69. The van der Waals surface area contributed by atoms with Crippen molar-refractivity contribution in [1.29, 1.82) is 0 Å². The van der Waals surface area contributed by atoms with E-state index in [1.165, 1.54) is 22.5 Å². The molecule has 1 unspecified atom stereocenters. The first-order chi connectivity index (χ1) is 14.1. The Morgan fingerprint density at radius 3 is 2.69 bits per heavy atom. The molecule has 1 aromatic heterocycles. The Bertz CT molecular complexity index is 1080. The topological polar surface area (TPSA) is 55.4 Å². The number of amides is 1. The normalized spacial score (nSPS) is 15.4. The van der Waals surface area contributed by atoms with Gasteiger partial charge in [-0.05, 0) is 65.4 Å². The Kier molecular flexibility index (Phi) is 6.22. The molecule has 4 nitrogen and oxygen atoms in total. The summed E-state index contributed by atoms with van der Waals surface area (Å²) in [4.78, 5) is 25.2. The second-order valence-electron chi connectivity index (χ2n) is 6.93. The summed E-state index contributed by atoms with van der Waals surface area (Å²) >= 11 is 8.94. The van der Waals surface area contributed by atoms with E-state index >= 15 is 0 Å². The molecule has 148 valence electrons. The summed E-state index contributed by atoms with van der Waals surface area (Å²) in [5.74, 6) is -0.539. The highest BCUT2D eigenvalue weighted by atomic mass is 127. The van der Waals surface area contributed by atoms with Gasteiger partial charge in [0.1, 0.15) is 5.00 Å². The van der Waals surface area contributed by atoms with Gasteiger partial charge in [0.25, 0.3) is 5.91 Å². The zero-order valence-electron chi connectivity index (χ0n) is 15.3. The van der Waals surface area contributed by atoms with Crippen molar-refractivity contribution < 1.29 is 12.7 Å². The molecule has 0 radical (unpaired) electrons. The lowest BCUT2D eigenvalue weighted by Gasteiger charge is -2.25. The maximum Gasteiger partial charge on any atom is 0.350 e. The lowest BCUT2D eigenvalue weighted by Crippen LogP contribution is -2.17. The summed E-state index contributed by atoms with van der Waals surface area (Å²) < 4.78 is 5.01. The zero-order chi connectivity index (χ0) is 20.4. The van der Waals surface area contributed by atoms with Gasteiger partial charge in [0.05, 0.1) is 5.56 Å². The fraction of sp³-hybridized carbons (Fsp3) is 0.182. The molecule has 3 aromatic rings. The van der Waals surface area contributed by atoms with Crippen LogP contribution in [0.1, 0.15) is 49.7 Å². The maximum absolute atomic E-state index is 12.7. The number of carbonyl (C=O) groups excluding carboxylic acids is 2. The molecule has 0 bridgehead atoms. The summed E-state index contributed by atoms with van der Waals surface area (Å²) in [6.45, 7) is 0. The molecule has 1 atom stereocenters. The molecule has 7 heteroatoms. The molecule has 29 heavy (non-hydrogen) atoms. The van der Waals surface area contributed by atoms with E-state index in [1.807, 2.05) is 11.4 Å². The predicted octanol–water partition coefficient (Wildman–Crippen LogP) is 6.43. The number of benzene rings is 2. The highest BCUT2D eigenvalue weighted by Crippen LogP contribution is 2.40. The predicted molar refractivity (Wildman–Crippen MR) is 124 cm³/mol. The van der Waals surface area contributed by atoms with Crippen molar-refractivity contribution in [3.8, 4) is 0 Å². The third-order valence-corrected chi connectivity index (χ3v) is 6.74. The number of hydrogen-bond donors (Lipinski definition) is 1. The van der Waals surface area contributed by atoms with Crippen LogP contribution in [0.25, 0.3) is 0 Å². The van der Waals surface area contributed by atoms with E-state index in [4.69, 9.17) is 14.7 Å². The van der Waals surface area contributed by atoms with Gasteiger partial charge in [-0.3, -0.25) is 4.79 Å².